The quantitative estimate of drug-likeness (QED) is 0.706. The number of rotatable bonds is 5. The van der Waals surface area contributed by atoms with Crippen molar-refractivity contribution in [1.29, 1.82) is 0 Å². The number of benzene rings is 1. The van der Waals surface area contributed by atoms with E-state index in [4.69, 9.17) is 10.5 Å². The van der Waals surface area contributed by atoms with Gasteiger partial charge in [-0.15, -0.1) is 0 Å². The maximum Gasteiger partial charge on any atom is 0.270 e. The number of anilines is 1. The third-order valence-corrected chi connectivity index (χ3v) is 3.89. The van der Waals surface area contributed by atoms with Gasteiger partial charge < -0.3 is 15.8 Å². The minimum atomic E-state index is -0.163. The Bertz CT molecular complexity index is 869. The molecule has 6 heteroatoms. The Hall–Kier alpha value is -3.02. The molecular weight excluding hydrogens is 304 g/mol. The van der Waals surface area contributed by atoms with Gasteiger partial charge in [0.2, 0.25) is 0 Å². The number of ether oxygens (including phenoxy) is 1. The lowest BCUT2D eigenvalue weighted by atomic mass is 10.2. The molecule has 0 radical (unpaired) electrons. The number of nitrogens with two attached hydrogens (primary N) is 1. The number of amides is 1. The summed E-state index contributed by atoms with van der Waals surface area (Å²) in [6, 6.07) is 11.1. The number of imidazole rings is 1. The molecule has 0 saturated carbocycles. The predicted molar refractivity (Wildman–Crippen MR) is 93.1 cm³/mol. The average Bonchev–Trinajstić information content (AvgIpc) is 2.99. The van der Waals surface area contributed by atoms with Gasteiger partial charge in [0.15, 0.2) is 11.4 Å². The van der Waals surface area contributed by atoms with Crippen molar-refractivity contribution in [2.24, 2.45) is 0 Å². The third kappa shape index (κ3) is 2.90. The number of hydrogen-bond acceptors (Lipinski definition) is 4. The van der Waals surface area contributed by atoms with E-state index < -0.39 is 0 Å². The number of carbonyl (C=O) groups excluding carboxylic acids is 1. The van der Waals surface area contributed by atoms with E-state index in [1.54, 1.807) is 11.5 Å². The Morgan fingerprint density at radius 2 is 2.04 bits per heavy atom. The topological polar surface area (TPSA) is 81.7 Å². The molecule has 2 aromatic heterocycles. The molecule has 1 aromatic carbocycles. The Morgan fingerprint density at radius 1 is 1.29 bits per heavy atom. The van der Waals surface area contributed by atoms with Crippen molar-refractivity contribution in [1.82, 2.24) is 14.7 Å². The monoisotopic (exact) mass is 324 g/mol. The molecule has 0 aliphatic heterocycles. The van der Waals surface area contributed by atoms with Crippen molar-refractivity contribution >= 4 is 17.2 Å². The number of pyridine rings is 1. The second kappa shape index (κ2) is 6.62. The minimum absolute atomic E-state index is 0.163. The molecule has 0 fully saturated rings. The van der Waals surface area contributed by atoms with E-state index in [1.807, 2.05) is 49.5 Å². The zero-order valence-electron chi connectivity index (χ0n) is 13.7. The second-order valence-electron chi connectivity index (χ2n) is 5.46. The van der Waals surface area contributed by atoms with Gasteiger partial charge in [0.05, 0.1) is 12.8 Å². The van der Waals surface area contributed by atoms with Gasteiger partial charge in [0.25, 0.3) is 5.91 Å². The average molecular weight is 324 g/mol. The summed E-state index contributed by atoms with van der Waals surface area (Å²) >= 11 is 0. The first-order valence-corrected chi connectivity index (χ1v) is 7.80. The number of aromatic nitrogens is 2. The Labute approximate surface area is 140 Å². The molecule has 6 nitrogen and oxygen atoms in total. The van der Waals surface area contributed by atoms with Crippen LogP contribution in [0, 0.1) is 0 Å². The first-order chi connectivity index (χ1) is 11.6. The number of fused-ring (bicyclic) bond motifs is 1. The van der Waals surface area contributed by atoms with Crippen LogP contribution >= 0.6 is 0 Å². The highest BCUT2D eigenvalue weighted by atomic mass is 16.5. The van der Waals surface area contributed by atoms with Crippen molar-refractivity contribution in [3.05, 3.63) is 59.5 Å². The molecule has 0 saturated heterocycles. The molecule has 124 valence electrons. The molecule has 3 N–H and O–H groups in total. The van der Waals surface area contributed by atoms with E-state index in [2.05, 4.69) is 10.3 Å². The predicted octanol–water partition coefficient (Wildman–Crippen LogP) is 2.42. The van der Waals surface area contributed by atoms with E-state index in [0.717, 1.165) is 11.3 Å². The smallest absolute Gasteiger partial charge is 0.270 e. The molecule has 0 aliphatic rings. The molecule has 0 atom stereocenters. The molecule has 0 aliphatic carbocycles. The summed E-state index contributed by atoms with van der Waals surface area (Å²) in [5, 5.41) is 2.94. The van der Waals surface area contributed by atoms with E-state index in [-0.39, 0.29) is 5.91 Å². The maximum absolute atomic E-state index is 12.7. The van der Waals surface area contributed by atoms with Crippen molar-refractivity contribution in [3.8, 4) is 5.75 Å². The summed E-state index contributed by atoms with van der Waals surface area (Å²) in [4.78, 5) is 17.3. The van der Waals surface area contributed by atoms with Crippen LogP contribution in [0.25, 0.3) is 5.65 Å². The van der Waals surface area contributed by atoms with Gasteiger partial charge in [-0.3, -0.25) is 9.20 Å². The summed E-state index contributed by atoms with van der Waals surface area (Å²) in [6.45, 7) is 2.41. The molecule has 1 amide bonds. The lowest BCUT2D eigenvalue weighted by Gasteiger charge is -2.08. The van der Waals surface area contributed by atoms with Crippen molar-refractivity contribution < 1.29 is 9.53 Å². The number of nitrogen functional groups attached to an aromatic ring is 1. The summed E-state index contributed by atoms with van der Waals surface area (Å²) in [5.41, 5.74) is 9.30. The molecular formula is C18H20N4O2. The van der Waals surface area contributed by atoms with Gasteiger partial charge in [0, 0.05) is 18.4 Å². The second-order valence-corrected chi connectivity index (χ2v) is 5.46. The maximum atomic E-state index is 12.7. The van der Waals surface area contributed by atoms with Crippen LogP contribution < -0.4 is 15.8 Å². The molecule has 0 bridgehead atoms. The summed E-state index contributed by atoms with van der Waals surface area (Å²) in [5.74, 6) is 0.481. The summed E-state index contributed by atoms with van der Waals surface area (Å²) in [6.07, 6.45) is 2.48. The van der Waals surface area contributed by atoms with Gasteiger partial charge in [-0.1, -0.05) is 19.1 Å². The van der Waals surface area contributed by atoms with Crippen LogP contribution in [0.1, 0.15) is 28.7 Å². The first-order valence-electron chi connectivity index (χ1n) is 7.80. The fourth-order valence-electron chi connectivity index (χ4n) is 2.64. The summed E-state index contributed by atoms with van der Waals surface area (Å²) in [7, 11) is 1.59. The molecule has 3 rings (SSSR count). The zero-order chi connectivity index (χ0) is 17.1. The van der Waals surface area contributed by atoms with Crippen LogP contribution in [0.5, 0.6) is 5.75 Å². The van der Waals surface area contributed by atoms with Crippen LogP contribution in [0.15, 0.2) is 42.6 Å². The standard InChI is InChI=1S/C18H20N4O2/c1-3-14-16(22-10-4-5-15(24-2)17(22)21-14)18(23)20-11-12-6-8-13(19)9-7-12/h4-10H,3,11,19H2,1-2H3,(H,20,23). The molecule has 3 aromatic rings. The molecule has 0 spiro atoms. The van der Waals surface area contributed by atoms with E-state index >= 15 is 0 Å². The summed E-state index contributed by atoms with van der Waals surface area (Å²) < 4.78 is 7.11. The lowest BCUT2D eigenvalue weighted by Crippen LogP contribution is -2.25. The fraction of sp³-hybridized carbons (Fsp3) is 0.222. The highest BCUT2D eigenvalue weighted by Crippen LogP contribution is 2.22. The highest BCUT2D eigenvalue weighted by Gasteiger charge is 2.19. The van der Waals surface area contributed by atoms with Crippen molar-refractivity contribution in [2.45, 2.75) is 19.9 Å². The van der Waals surface area contributed by atoms with E-state index in [9.17, 15) is 4.79 Å². The lowest BCUT2D eigenvalue weighted by molar-refractivity contribution is 0.0944. The highest BCUT2D eigenvalue weighted by molar-refractivity contribution is 5.95. The number of nitrogens with one attached hydrogen (secondary N) is 1. The first kappa shape index (κ1) is 15.9. The third-order valence-electron chi connectivity index (χ3n) is 3.89. The van der Waals surface area contributed by atoms with Crippen LogP contribution in [-0.2, 0) is 13.0 Å². The van der Waals surface area contributed by atoms with E-state index in [0.29, 0.717) is 35.7 Å². The Morgan fingerprint density at radius 3 is 2.71 bits per heavy atom. The van der Waals surface area contributed by atoms with Gasteiger partial charge in [-0.05, 0) is 36.2 Å². The Balaban J connectivity index is 1.90. The van der Waals surface area contributed by atoms with E-state index in [1.165, 1.54) is 0 Å². The minimum Gasteiger partial charge on any atom is -0.493 e. The van der Waals surface area contributed by atoms with Crippen molar-refractivity contribution in [2.75, 3.05) is 12.8 Å². The van der Waals surface area contributed by atoms with Gasteiger partial charge >= 0.3 is 0 Å². The zero-order valence-corrected chi connectivity index (χ0v) is 13.7. The SMILES string of the molecule is CCc1nc2c(OC)cccn2c1C(=O)NCc1ccc(N)cc1. The van der Waals surface area contributed by atoms with Crippen LogP contribution in [-0.4, -0.2) is 22.4 Å². The number of nitrogens with zero attached hydrogens (tertiary/aromatic N) is 2. The molecule has 24 heavy (non-hydrogen) atoms. The van der Waals surface area contributed by atoms with Crippen LogP contribution in [0.2, 0.25) is 0 Å². The Kier molecular flexibility index (Phi) is 4.37. The van der Waals surface area contributed by atoms with Crippen molar-refractivity contribution in [3.63, 3.8) is 0 Å². The molecule has 2 heterocycles. The number of hydrogen-bond donors (Lipinski definition) is 2. The van der Waals surface area contributed by atoms with Crippen LogP contribution in [0.4, 0.5) is 5.69 Å². The van der Waals surface area contributed by atoms with Gasteiger partial charge in [-0.25, -0.2) is 4.98 Å². The number of aryl methyl sites for hydroxylation is 1. The normalized spacial score (nSPS) is 10.8. The number of methoxy groups -OCH3 is 1. The van der Waals surface area contributed by atoms with Crippen LogP contribution in [0.3, 0.4) is 0 Å². The number of carbonyl (C=O) groups is 1. The molecule has 0 unspecified atom stereocenters. The van der Waals surface area contributed by atoms with Gasteiger partial charge in [0.1, 0.15) is 5.69 Å². The van der Waals surface area contributed by atoms with Gasteiger partial charge in [-0.2, -0.15) is 0 Å². The largest absolute Gasteiger partial charge is 0.493 e. The fourth-order valence-corrected chi connectivity index (χ4v) is 2.64.